The van der Waals surface area contributed by atoms with Crippen molar-refractivity contribution in [2.45, 2.75) is 18.8 Å². The first-order valence-corrected chi connectivity index (χ1v) is 8.32. The van der Waals surface area contributed by atoms with Gasteiger partial charge in [-0.15, -0.1) is 0 Å². The first-order chi connectivity index (χ1) is 12.1. The molecule has 3 aromatic rings. The fourth-order valence-corrected chi connectivity index (χ4v) is 3.40. The van der Waals surface area contributed by atoms with Gasteiger partial charge in [-0.3, -0.25) is 4.79 Å². The fraction of sp³-hybridized carbons (Fsp3) is 0.333. The van der Waals surface area contributed by atoms with Gasteiger partial charge in [-0.2, -0.15) is 0 Å². The Labute approximate surface area is 144 Å². The van der Waals surface area contributed by atoms with Crippen LogP contribution in [0.1, 0.15) is 34.9 Å². The van der Waals surface area contributed by atoms with Crippen LogP contribution in [0.25, 0.3) is 10.9 Å². The second-order valence-corrected chi connectivity index (χ2v) is 6.36. The molecule has 0 spiro atoms. The van der Waals surface area contributed by atoms with E-state index >= 15 is 0 Å². The van der Waals surface area contributed by atoms with E-state index in [-0.39, 0.29) is 11.8 Å². The van der Waals surface area contributed by atoms with E-state index in [9.17, 15) is 4.79 Å². The van der Waals surface area contributed by atoms with Crippen molar-refractivity contribution < 1.29 is 14.1 Å². The molecule has 1 amide bonds. The van der Waals surface area contributed by atoms with Crippen molar-refractivity contribution in [1.29, 1.82) is 0 Å². The number of aromatic nitrogens is 2. The van der Waals surface area contributed by atoms with Crippen molar-refractivity contribution >= 4 is 22.7 Å². The van der Waals surface area contributed by atoms with E-state index in [4.69, 9.17) is 15.0 Å². The summed E-state index contributed by atoms with van der Waals surface area (Å²) in [5.74, 6) is 1.42. The van der Waals surface area contributed by atoms with Gasteiger partial charge in [0.1, 0.15) is 11.4 Å². The number of fused-ring (bicyclic) bond motifs is 1. The van der Waals surface area contributed by atoms with Gasteiger partial charge in [0.05, 0.1) is 12.8 Å². The lowest BCUT2D eigenvalue weighted by Crippen LogP contribution is -2.38. The van der Waals surface area contributed by atoms with Gasteiger partial charge < -0.3 is 24.9 Å². The number of benzene rings is 1. The van der Waals surface area contributed by atoms with Crippen molar-refractivity contribution in [2.75, 3.05) is 25.9 Å². The number of carbonyl (C=O) groups excluding carboxylic acids is 1. The summed E-state index contributed by atoms with van der Waals surface area (Å²) in [6.07, 6.45) is 1.71. The van der Waals surface area contributed by atoms with E-state index < -0.39 is 0 Å². The van der Waals surface area contributed by atoms with Gasteiger partial charge >= 0.3 is 0 Å². The van der Waals surface area contributed by atoms with Crippen LogP contribution < -0.4 is 10.5 Å². The van der Waals surface area contributed by atoms with Crippen LogP contribution in [0.4, 0.5) is 5.88 Å². The number of hydrogen-bond donors (Lipinski definition) is 2. The molecule has 3 N–H and O–H groups in total. The van der Waals surface area contributed by atoms with Gasteiger partial charge in [-0.05, 0) is 37.1 Å². The van der Waals surface area contributed by atoms with Gasteiger partial charge in [0, 0.05) is 36.0 Å². The summed E-state index contributed by atoms with van der Waals surface area (Å²) < 4.78 is 10.2. The van der Waals surface area contributed by atoms with Crippen molar-refractivity contribution in [3.05, 3.63) is 41.7 Å². The number of methoxy groups -OCH3 is 1. The number of anilines is 1. The van der Waals surface area contributed by atoms with Gasteiger partial charge in [-0.25, -0.2) is 0 Å². The van der Waals surface area contributed by atoms with E-state index in [0.29, 0.717) is 24.7 Å². The molecule has 130 valence electrons. The lowest BCUT2D eigenvalue weighted by Gasteiger charge is -2.30. The molecule has 0 atom stereocenters. The molecule has 2 aromatic heterocycles. The number of nitrogen functional groups attached to an aromatic ring is 1. The van der Waals surface area contributed by atoms with Gasteiger partial charge in [-0.1, -0.05) is 5.16 Å². The summed E-state index contributed by atoms with van der Waals surface area (Å²) in [5, 5.41) is 4.96. The zero-order valence-electron chi connectivity index (χ0n) is 14.0. The summed E-state index contributed by atoms with van der Waals surface area (Å²) in [4.78, 5) is 17.9. The SMILES string of the molecule is COc1ccc2[nH]c(C(=O)N3CCC(c4cc(N)on4)CC3)cc2c1. The predicted molar refractivity (Wildman–Crippen MR) is 93.6 cm³/mol. The van der Waals surface area contributed by atoms with E-state index in [1.54, 1.807) is 13.2 Å². The van der Waals surface area contributed by atoms with E-state index in [1.165, 1.54) is 0 Å². The van der Waals surface area contributed by atoms with Gasteiger partial charge in [0.2, 0.25) is 5.88 Å². The molecular weight excluding hydrogens is 320 g/mol. The first-order valence-electron chi connectivity index (χ1n) is 8.32. The maximum Gasteiger partial charge on any atom is 0.270 e. The van der Waals surface area contributed by atoms with E-state index in [0.717, 1.165) is 35.2 Å². The number of H-pyrrole nitrogens is 1. The Kier molecular flexibility index (Phi) is 3.83. The highest BCUT2D eigenvalue weighted by Crippen LogP contribution is 2.29. The molecule has 1 aromatic carbocycles. The van der Waals surface area contributed by atoms with E-state index in [1.807, 2.05) is 29.2 Å². The number of hydrogen-bond acceptors (Lipinski definition) is 5. The minimum absolute atomic E-state index is 0.0216. The Morgan fingerprint density at radius 3 is 2.80 bits per heavy atom. The molecule has 7 heteroatoms. The molecule has 1 aliphatic heterocycles. The first kappa shape index (κ1) is 15.6. The molecule has 0 bridgehead atoms. The highest BCUT2D eigenvalue weighted by Gasteiger charge is 2.27. The monoisotopic (exact) mass is 340 g/mol. The average Bonchev–Trinajstić information content (AvgIpc) is 3.26. The Morgan fingerprint density at radius 2 is 2.12 bits per heavy atom. The van der Waals surface area contributed by atoms with Crippen LogP contribution in [0.15, 0.2) is 34.9 Å². The lowest BCUT2D eigenvalue weighted by atomic mass is 9.93. The van der Waals surface area contributed by atoms with Crippen LogP contribution in [0.3, 0.4) is 0 Å². The second-order valence-electron chi connectivity index (χ2n) is 6.36. The highest BCUT2D eigenvalue weighted by atomic mass is 16.5. The zero-order valence-corrected chi connectivity index (χ0v) is 14.0. The predicted octanol–water partition coefficient (Wildman–Crippen LogP) is 2.77. The van der Waals surface area contributed by atoms with Crippen LogP contribution >= 0.6 is 0 Å². The number of nitrogens with two attached hydrogens (primary N) is 1. The molecule has 3 heterocycles. The fourth-order valence-electron chi connectivity index (χ4n) is 3.40. The van der Waals surface area contributed by atoms with Crippen molar-refractivity contribution in [3.8, 4) is 5.75 Å². The summed E-state index contributed by atoms with van der Waals surface area (Å²) in [5.41, 5.74) is 8.00. The molecule has 0 aliphatic carbocycles. The second kappa shape index (κ2) is 6.16. The number of rotatable bonds is 3. The molecule has 0 unspecified atom stereocenters. The number of likely N-dealkylation sites (tertiary alicyclic amines) is 1. The van der Waals surface area contributed by atoms with Crippen LogP contribution in [-0.4, -0.2) is 41.1 Å². The molecule has 25 heavy (non-hydrogen) atoms. The minimum Gasteiger partial charge on any atom is -0.497 e. The van der Waals surface area contributed by atoms with Crippen LogP contribution in [0.5, 0.6) is 5.75 Å². The quantitative estimate of drug-likeness (QED) is 0.764. The summed E-state index contributed by atoms with van der Waals surface area (Å²) >= 11 is 0. The lowest BCUT2D eigenvalue weighted by molar-refractivity contribution is 0.0706. The summed E-state index contributed by atoms with van der Waals surface area (Å²) in [6.45, 7) is 1.38. The number of piperidine rings is 1. The summed E-state index contributed by atoms with van der Waals surface area (Å²) in [6, 6.07) is 9.37. The van der Waals surface area contributed by atoms with Crippen LogP contribution in [-0.2, 0) is 0 Å². The third-order valence-electron chi connectivity index (χ3n) is 4.81. The third-order valence-corrected chi connectivity index (χ3v) is 4.81. The van der Waals surface area contributed by atoms with Crippen molar-refractivity contribution in [1.82, 2.24) is 15.0 Å². The van der Waals surface area contributed by atoms with Gasteiger partial charge in [0.15, 0.2) is 0 Å². The van der Waals surface area contributed by atoms with E-state index in [2.05, 4.69) is 10.1 Å². The smallest absolute Gasteiger partial charge is 0.270 e. The zero-order chi connectivity index (χ0) is 17.4. The minimum atomic E-state index is 0.0216. The molecule has 1 fully saturated rings. The Hall–Kier alpha value is -2.96. The number of ether oxygens (including phenoxy) is 1. The summed E-state index contributed by atoms with van der Waals surface area (Å²) in [7, 11) is 1.63. The van der Waals surface area contributed by atoms with Crippen molar-refractivity contribution in [3.63, 3.8) is 0 Å². The number of carbonyl (C=O) groups is 1. The molecule has 1 saturated heterocycles. The maximum atomic E-state index is 12.8. The normalized spacial score (nSPS) is 15.6. The Morgan fingerprint density at radius 1 is 1.32 bits per heavy atom. The highest BCUT2D eigenvalue weighted by molar-refractivity contribution is 5.98. The topological polar surface area (TPSA) is 97.4 Å². The van der Waals surface area contributed by atoms with Crippen LogP contribution in [0.2, 0.25) is 0 Å². The molecule has 0 radical (unpaired) electrons. The molecule has 0 saturated carbocycles. The average molecular weight is 340 g/mol. The molecule has 7 nitrogen and oxygen atoms in total. The third kappa shape index (κ3) is 2.93. The maximum absolute atomic E-state index is 12.8. The number of amides is 1. The molecule has 4 rings (SSSR count). The van der Waals surface area contributed by atoms with Gasteiger partial charge in [0.25, 0.3) is 5.91 Å². The Balaban J connectivity index is 1.46. The number of nitrogens with zero attached hydrogens (tertiary/aromatic N) is 2. The Bertz CT molecular complexity index is 906. The van der Waals surface area contributed by atoms with Crippen LogP contribution in [0, 0.1) is 0 Å². The van der Waals surface area contributed by atoms with Crippen molar-refractivity contribution in [2.24, 2.45) is 0 Å². The largest absolute Gasteiger partial charge is 0.497 e. The number of aromatic amines is 1. The standard InChI is InChI=1S/C18H20N4O3/c1-24-13-2-3-14-12(8-13)9-16(20-14)18(23)22-6-4-11(5-7-22)15-10-17(19)25-21-15/h2-3,8-11,20H,4-7,19H2,1H3. The number of nitrogens with one attached hydrogen (secondary N) is 1. The molecule has 1 aliphatic rings. The molecular formula is C18H20N4O3.